The molecule has 14 heavy (non-hydrogen) atoms. The predicted octanol–water partition coefficient (Wildman–Crippen LogP) is 2.76. The van der Waals surface area contributed by atoms with Gasteiger partial charge in [-0.15, -0.1) is 0 Å². The van der Waals surface area contributed by atoms with Crippen LogP contribution in [0.3, 0.4) is 0 Å². The molecule has 1 rings (SSSR count). The van der Waals surface area contributed by atoms with E-state index in [1.54, 1.807) is 0 Å². The Morgan fingerprint density at radius 3 is 2.21 bits per heavy atom. The molecular weight excluding hydrogens is 244 g/mol. The van der Waals surface area contributed by atoms with Gasteiger partial charge in [0.1, 0.15) is 0 Å². The molecule has 2 nitrogen and oxygen atoms in total. The van der Waals surface area contributed by atoms with Gasteiger partial charge in [-0.2, -0.15) is 0 Å². The van der Waals surface area contributed by atoms with Crippen LogP contribution >= 0.6 is 15.9 Å². The second-order valence-corrected chi connectivity index (χ2v) is 3.60. The lowest BCUT2D eigenvalue weighted by molar-refractivity contribution is -0.132. The van der Waals surface area contributed by atoms with Gasteiger partial charge in [-0.05, 0) is 11.1 Å². The quantitative estimate of drug-likeness (QED) is 0.663. The highest BCUT2D eigenvalue weighted by atomic mass is 79.9. The van der Waals surface area contributed by atoms with Crippen LogP contribution in [0.4, 0.5) is 0 Å². The molecule has 0 saturated carbocycles. The summed E-state index contributed by atoms with van der Waals surface area (Å²) in [7, 11) is 0. The summed E-state index contributed by atoms with van der Waals surface area (Å²) in [4.78, 5) is 10.5. The third kappa shape index (κ3) is 3.00. The average Bonchev–Trinajstić information content (AvgIpc) is 2.19. The molecule has 0 aromatic heterocycles. The first-order chi connectivity index (χ1) is 6.63. The minimum atomic E-state index is -0.936. The number of aliphatic carboxylic acids is 1. The molecule has 0 saturated heterocycles. The van der Waals surface area contributed by atoms with Crippen LogP contribution < -0.4 is 0 Å². The molecule has 0 atom stereocenters. The summed E-state index contributed by atoms with van der Waals surface area (Å²) >= 11 is 3.34. The SMILES string of the molecule is C=C(Cc1ccc(CBr)cc1)C(=O)O. The van der Waals surface area contributed by atoms with Gasteiger partial charge in [0.25, 0.3) is 0 Å². The smallest absolute Gasteiger partial charge is 0.331 e. The summed E-state index contributed by atoms with van der Waals surface area (Å²) in [5.74, 6) is -0.936. The Labute approximate surface area is 91.4 Å². The molecule has 0 aliphatic rings. The van der Waals surface area contributed by atoms with Crippen molar-refractivity contribution in [3.05, 3.63) is 47.5 Å². The first-order valence-corrected chi connectivity index (χ1v) is 5.30. The molecule has 0 spiro atoms. The summed E-state index contributed by atoms with van der Waals surface area (Å²) < 4.78 is 0. The molecule has 3 heteroatoms. The average molecular weight is 255 g/mol. The van der Waals surface area contributed by atoms with Crippen LogP contribution in [-0.4, -0.2) is 11.1 Å². The van der Waals surface area contributed by atoms with Crippen LogP contribution in [0.5, 0.6) is 0 Å². The van der Waals surface area contributed by atoms with Crippen molar-refractivity contribution in [1.29, 1.82) is 0 Å². The molecule has 0 unspecified atom stereocenters. The zero-order valence-electron chi connectivity index (χ0n) is 7.66. The molecule has 1 N–H and O–H groups in total. The molecule has 74 valence electrons. The van der Waals surface area contributed by atoms with Crippen LogP contribution in [0.1, 0.15) is 11.1 Å². The molecular formula is C11H11BrO2. The maximum atomic E-state index is 10.5. The van der Waals surface area contributed by atoms with Crippen LogP contribution in [0.15, 0.2) is 36.4 Å². The molecule has 1 aromatic carbocycles. The Kier molecular flexibility index (Phi) is 3.89. The van der Waals surface area contributed by atoms with E-state index in [-0.39, 0.29) is 5.57 Å². The normalized spacial score (nSPS) is 9.79. The van der Waals surface area contributed by atoms with Crippen LogP contribution in [-0.2, 0) is 16.5 Å². The summed E-state index contributed by atoms with van der Waals surface area (Å²) in [6, 6.07) is 7.79. The molecule has 0 aliphatic heterocycles. The van der Waals surface area contributed by atoms with Gasteiger partial charge in [0, 0.05) is 17.3 Å². The van der Waals surface area contributed by atoms with Crippen molar-refractivity contribution in [2.45, 2.75) is 11.8 Å². The third-order valence-electron chi connectivity index (χ3n) is 1.90. The molecule has 0 amide bonds. The van der Waals surface area contributed by atoms with Gasteiger partial charge in [0.15, 0.2) is 0 Å². The van der Waals surface area contributed by atoms with Crippen molar-refractivity contribution in [1.82, 2.24) is 0 Å². The maximum absolute atomic E-state index is 10.5. The summed E-state index contributed by atoms with van der Waals surface area (Å²) in [5, 5.41) is 9.45. The molecule has 1 aromatic rings. The number of benzene rings is 1. The van der Waals surface area contributed by atoms with Gasteiger partial charge >= 0.3 is 5.97 Å². The Bertz CT molecular complexity index is 341. The van der Waals surface area contributed by atoms with E-state index in [0.717, 1.165) is 10.9 Å². The van der Waals surface area contributed by atoms with Gasteiger partial charge in [-0.25, -0.2) is 4.79 Å². The Morgan fingerprint density at radius 1 is 1.29 bits per heavy atom. The highest BCUT2D eigenvalue weighted by Gasteiger charge is 2.04. The number of carboxylic acids is 1. The summed E-state index contributed by atoms with van der Waals surface area (Å²) in [5.41, 5.74) is 2.37. The summed E-state index contributed by atoms with van der Waals surface area (Å²) in [6.45, 7) is 3.48. The van der Waals surface area contributed by atoms with E-state index in [1.165, 1.54) is 5.56 Å². The fraction of sp³-hybridized carbons (Fsp3) is 0.182. The lowest BCUT2D eigenvalue weighted by Crippen LogP contribution is -2.01. The lowest BCUT2D eigenvalue weighted by atomic mass is 10.1. The zero-order chi connectivity index (χ0) is 10.6. The molecule has 0 bridgehead atoms. The monoisotopic (exact) mass is 254 g/mol. The van der Waals surface area contributed by atoms with Crippen LogP contribution in [0, 0.1) is 0 Å². The molecule has 0 heterocycles. The number of carbonyl (C=O) groups is 1. The number of rotatable bonds is 4. The van der Waals surface area contributed by atoms with E-state index in [0.29, 0.717) is 6.42 Å². The largest absolute Gasteiger partial charge is 0.478 e. The second kappa shape index (κ2) is 4.96. The van der Waals surface area contributed by atoms with E-state index in [4.69, 9.17) is 5.11 Å². The second-order valence-electron chi connectivity index (χ2n) is 3.04. The van der Waals surface area contributed by atoms with Gasteiger partial charge in [-0.1, -0.05) is 46.8 Å². The fourth-order valence-electron chi connectivity index (χ4n) is 1.07. The zero-order valence-corrected chi connectivity index (χ0v) is 9.25. The fourth-order valence-corrected chi connectivity index (χ4v) is 1.44. The first kappa shape index (κ1) is 11.0. The maximum Gasteiger partial charge on any atom is 0.331 e. The molecule has 0 fully saturated rings. The Balaban J connectivity index is 2.69. The third-order valence-corrected chi connectivity index (χ3v) is 2.54. The summed E-state index contributed by atoms with van der Waals surface area (Å²) in [6.07, 6.45) is 0.401. The van der Waals surface area contributed by atoms with Crippen molar-refractivity contribution in [3.63, 3.8) is 0 Å². The van der Waals surface area contributed by atoms with Gasteiger partial charge < -0.3 is 5.11 Å². The standard InChI is InChI=1S/C11H11BrO2/c1-8(11(13)14)6-9-2-4-10(7-12)5-3-9/h2-5H,1,6-7H2,(H,13,14). The Morgan fingerprint density at radius 2 is 1.79 bits per heavy atom. The number of alkyl halides is 1. The lowest BCUT2D eigenvalue weighted by Gasteiger charge is -2.01. The van der Waals surface area contributed by atoms with Gasteiger partial charge in [0.2, 0.25) is 0 Å². The number of hydrogen-bond donors (Lipinski definition) is 1. The highest BCUT2D eigenvalue weighted by Crippen LogP contribution is 2.11. The van der Waals surface area contributed by atoms with Crippen molar-refractivity contribution >= 4 is 21.9 Å². The first-order valence-electron chi connectivity index (χ1n) is 4.18. The van der Waals surface area contributed by atoms with E-state index in [2.05, 4.69) is 22.5 Å². The van der Waals surface area contributed by atoms with Gasteiger partial charge in [0.05, 0.1) is 0 Å². The minimum absolute atomic E-state index is 0.219. The van der Waals surface area contributed by atoms with E-state index >= 15 is 0 Å². The minimum Gasteiger partial charge on any atom is -0.478 e. The van der Waals surface area contributed by atoms with Crippen molar-refractivity contribution in [3.8, 4) is 0 Å². The number of hydrogen-bond acceptors (Lipinski definition) is 1. The highest BCUT2D eigenvalue weighted by molar-refractivity contribution is 9.08. The van der Waals surface area contributed by atoms with E-state index in [1.807, 2.05) is 24.3 Å². The molecule has 0 radical (unpaired) electrons. The van der Waals surface area contributed by atoms with E-state index < -0.39 is 5.97 Å². The predicted molar refractivity (Wildman–Crippen MR) is 59.6 cm³/mol. The molecule has 0 aliphatic carbocycles. The number of halogens is 1. The van der Waals surface area contributed by atoms with Crippen LogP contribution in [0.25, 0.3) is 0 Å². The van der Waals surface area contributed by atoms with Crippen LogP contribution in [0.2, 0.25) is 0 Å². The topological polar surface area (TPSA) is 37.3 Å². The number of carboxylic acid groups (broad SMARTS) is 1. The van der Waals surface area contributed by atoms with Crippen molar-refractivity contribution in [2.24, 2.45) is 0 Å². The van der Waals surface area contributed by atoms with Crippen molar-refractivity contribution < 1.29 is 9.90 Å². The Hall–Kier alpha value is -1.09. The van der Waals surface area contributed by atoms with Crippen molar-refractivity contribution in [2.75, 3.05) is 0 Å². The van der Waals surface area contributed by atoms with E-state index in [9.17, 15) is 4.79 Å². The van der Waals surface area contributed by atoms with Gasteiger partial charge in [-0.3, -0.25) is 0 Å².